The monoisotopic (exact) mass is 228 g/mol. The number of pyridine rings is 1. The fourth-order valence-corrected chi connectivity index (χ4v) is 1.81. The molecule has 5 heteroatoms. The second kappa shape index (κ2) is 5.21. The maximum absolute atomic E-state index is 11.1. The number of fused-ring (bicyclic) bond motifs is 1. The van der Waals surface area contributed by atoms with Crippen LogP contribution in [0, 0.1) is 11.3 Å². The van der Waals surface area contributed by atoms with Crippen molar-refractivity contribution in [2.75, 3.05) is 0 Å². The number of hydrogen-bond acceptors (Lipinski definition) is 4. The molecule has 5 nitrogen and oxygen atoms in total. The average Bonchev–Trinajstić information content (AvgIpc) is 2.36. The number of hydrogen-bond donors (Lipinski definition) is 1. The molecule has 1 aromatic heterocycles. The number of carbonyl (C=O) groups is 1. The number of nitrogens with one attached hydrogen (secondary N) is 1. The van der Waals surface area contributed by atoms with Crippen molar-refractivity contribution in [3.63, 3.8) is 0 Å². The van der Waals surface area contributed by atoms with Gasteiger partial charge in [-0.3, -0.25) is 9.78 Å². The van der Waals surface area contributed by atoms with Gasteiger partial charge in [0.1, 0.15) is 6.42 Å². The molecule has 0 atom stereocenters. The zero-order valence-corrected chi connectivity index (χ0v) is 9.31. The molecule has 86 valence electrons. The highest BCUT2D eigenvalue weighted by Gasteiger charge is 2.16. The van der Waals surface area contributed by atoms with Crippen LogP contribution >= 0.6 is 0 Å². The molecule has 0 radical (unpaired) electrons. The first kappa shape index (κ1) is 11.3. The summed E-state index contributed by atoms with van der Waals surface area (Å²) in [6.07, 6.45) is 4.35. The Bertz CT molecular complexity index is 501. The van der Waals surface area contributed by atoms with Gasteiger partial charge in [-0.15, -0.1) is 0 Å². The van der Waals surface area contributed by atoms with E-state index in [0.29, 0.717) is 0 Å². The quantitative estimate of drug-likeness (QED) is 0.771. The van der Waals surface area contributed by atoms with Crippen molar-refractivity contribution >= 4 is 11.6 Å². The SMILES string of the molecule is N#CCC(=O)N/N=C1\CCCc2cccnc21. The minimum Gasteiger partial charge on any atom is -0.272 e. The van der Waals surface area contributed by atoms with E-state index in [1.807, 2.05) is 12.1 Å². The van der Waals surface area contributed by atoms with Crippen molar-refractivity contribution in [3.8, 4) is 6.07 Å². The first-order chi connectivity index (χ1) is 8.31. The van der Waals surface area contributed by atoms with E-state index in [1.165, 1.54) is 0 Å². The van der Waals surface area contributed by atoms with Crippen LogP contribution in [0.3, 0.4) is 0 Å². The van der Waals surface area contributed by atoms with Gasteiger partial charge in [-0.2, -0.15) is 10.4 Å². The zero-order valence-electron chi connectivity index (χ0n) is 9.31. The van der Waals surface area contributed by atoms with Crippen LogP contribution in [0.2, 0.25) is 0 Å². The Morgan fingerprint density at radius 2 is 2.47 bits per heavy atom. The summed E-state index contributed by atoms with van der Waals surface area (Å²) in [7, 11) is 0. The first-order valence-corrected chi connectivity index (χ1v) is 5.48. The summed E-state index contributed by atoms with van der Waals surface area (Å²) >= 11 is 0. The van der Waals surface area contributed by atoms with Crippen LogP contribution in [0.4, 0.5) is 0 Å². The molecular formula is C12H12N4O. The lowest BCUT2D eigenvalue weighted by Crippen LogP contribution is -2.22. The number of carbonyl (C=O) groups excluding carboxylic acids is 1. The summed E-state index contributed by atoms with van der Waals surface area (Å²) in [6.45, 7) is 0. The fraction of sp³-hybridized carbons (Fsp3) is 0.333. The summed E-state index contributed by atoms with van der Waals surface area (Å²) in [4.78, 5) is 15.4. The lowest BCUT2D eigenvalue weighted by molar-refractivity contribution is -0.120. The Morgan fingerprint density at radius 1 is 1.59 bits per heavy atom. The predicted molar refractivity (Wildman–Crippen MR) is 62.1 cm³/mol. The number of amides is 1. The topological polar surface area (TPSA) is 78.1 Å². The van der Waals surface area contributed by atoms with Gasteiger partial charge >= 0.3 is 0 Å². The van der Waals surface area contributed by atoms with Gasteiger partial charge in [-0.1, -0.05) is 6.07 Å². The average molecular weight is 228 g/mol. The molecule has 17 heavy (non-hydrogen) atoms. The highest BCUT2D eigenvalue weighted by molar-refractivity contribution is 6.01. The van der Waals surface area contributed by atoms with Gasteiger partial charge in [-0.25, -0.2) is 5.43 Å². The molecule has 1 N–H and O–H groups in total. The molecule has 0 unspecified atom stereocenters. The molecule has 1 aliphatic carbocycles. The number of hydrazone groups is 1. The second-order valence-corrected chi connectivity index (χ2v) is 3.79. The summed E-state index contributed by atoms with van der Waals surface area (Å²) in [5.74, 6) is -0.386. The van der Waals surface area contributed by atoms with Crippen molar-refractivity contribution in [3.05, 3.63) is 29.6 Å². The summed E-state index contributed by atoms with van der Waals surface area (Å²) in [5, 5.41) is 12.4. The zero-order chi connectivity index (χ0) is 12.1. The number of aryl methyl sites for hydroxylation is 1. The second-order valence-electron chi connectivity index (χ2n) is 3.79. The molecule has 2 rings (SSSR count). The van der Waals surface area contributed by atoms with E-state index in [4.69, 9.17) is 5.26 Å². The highest BCUT2D eigenvalue weighted by atomic mass is 16.2. The maximum Gasteiger partial charge on any atom is 0.254 e. The minimum absolute atomic E-state index is 0.175. The van der Waals surface area contributed by atoms with Crippen LogP contribution in [-0.2, 0) is 11.2 Å². The van der Waals surface area contributed by atoms with Crippen LogP contribution in [-0.4, -0.2) is 16.6 Å². The van der Waals surface area contributed by atoms with Gasteiger partial charge < -0.3 is 0 Å². The lowest BCUT2D eigenvalue weighted by Gasteiger charge is -2.15. The van der Waals surface area contributed by atoms with E-state index in [2.05, 4.69) is 15.5 Å². The Balaban J connectivity index is 2.16. The van der Waals surface area contributed by atoms with Crippen molar-refractivity contribution in [2.45, 2.75) is 25.7 Å². The predicted octanol–water partition coefficient (Wildman–Crippen LogP) is 1.15. The maximum atomic E-state index is 11.1. The molecule has 0 saturated heterocycles. The van der Waals surface area contributed by atoms with Crippen LogP contribution in [0.1, 0.15) is 30.5 Å². The fourth-order valence-electron chi connectivity index (χ4n) is 1.81. The Hall–Kier alpha value is -2.22. The molecule has 1 amide bonds. The van der Waals surface area contributed by atoms with Crippen LogP contribution in [0.5, 0.6) is 0 Å². The van der Waals surface area contributed by atoms with E-state index in [0.717, 1.165) is 36.2 Å². The largest absolute Gasteiger partial charge is 0.272 e. The van der Waals surface area contributed by atoms with Crippen LogP contribution in [0.25, 0.3) is 0 Å². The van der Waals surface area contributed by atoms with Gasteiger partial charge in [0.05, 0.1) is 17.5 Å². The van der Waals surface area contributed by atoms with Crippen molar-refractivity contribution < 1.29 is 4.79 Å². The van der Waals surface area contributed by atoms with E-state index in [1.54, 1.807) is 12.3 Å². The Labute approximate surface area is 99.2 Å². The van der Waals surface area contributed by atoms with Gasteiger partial charge in [0.25, 0.3) is 5.91 Å². The minimum atomic E-state index is -0.386. The standard InChI is InChI=1S/C12H12N4O/c13-7-6-11(17)16-15-10-5-1-3-9-4-2-8-14-12(9)10/h2,4,8H,1,3,5-6H2,(H,16,17)/b15-10+. The molecule has 0 saturated carbocycles. The van der Waals surface area contributed by atoms with Gasteiger partial charge in [0, 0.05) is 6.20 Å². The third kappa shape index (κ3) is 2.67. The smallest absolute Gasteiger partial charge is 0.254 e. The van der Waals surface area contributed by atoms with Crippen molar-refractivity contribution in [1.82, 2.24) is 10.4 Å². The molecule has 1 aromatic rings. The van der Waals surface area contributed by atoms with E-state index in [9.17, 15) is 4.79 Å². The van der Waals surface area contributed by atoms with Crippen LogP contribution < -0.4 is 5.43 Å². The highest BCUT2D eigenvalue weighted by Crippen LogP contribution is 2.18. The molecule has 0 aliphatic heterocycles. The Kier molecular flexibility index (Phi) is 3.46. The van der Waals surface area contributed by atoms with Crippen molar-refractivity contribution in [2.24, 2.45) is 5.10 Å². The third-order valence-corrected chi connectivity index (χ3v) is 2.58. The molecule has 0 bridgehead atoms. The lowest BCUT2D eigenvalue weighted by atomic mass is 9.95. The third-order valence-electron chi connectivity index (χ3n) is 2.58. The molecule has 1 heterocycles. The van der Waals surface area contributed by atoms with Gasteiger partial charge in [-0.05, 0) is 30.9 Å². The van der Waals surface area contributed by atoms with Gasteiger partial charge in [0.2, 0.25) is 0 Å². The Morgan fingerprint density at radius 3 is 3.29 bits per heavy atom. The van der Waals surface area contributed by atoms with E-state index >= 15 is 0 Å². The van der Waals surface area contributed by atoms with Crippen molar-refractivity contribution in [1.29, 1.82) is 5.26 Å². The summed E-state index contributed by atoms with van der Waals surface area (Å²) < 4.78 is 0. The number of nitriles is 1. The first-order valence-electron chi connectivity index (χ1n) is 5.48. The van der Waals surface area contributed by atoms with E-state index < -0.39 is 0 Å². The number of rotatable bonds is 2. The van der Waals surface area contributed by atoms with E-state index in [-0.39, 0.29) is 12.3 Å². The molecule has 0 spiro atoms. The molecule has 0 aromatic carbocycles. The molecule has 1 aliphatic rings. The normalized spacial score (nSPS) is 16.1. The molecule has 0 fully saturated rings. The number of aromatic nitrogens is 1. The van der Waals surface area contributed by atoms with Crippen LogP contribution in [0.15, 0.2) is 23.4 Å². The summed E-state index contributed by atoms with van der Waals surface area (Å²) in [6, 6.07) is 5.70. The molecular weight excluding hydrogens is 216 g/mol. The number of nitrogens with zero attached hydrogens (tertiary/aromatic N) is 3. The van der Waals surface area contributed by atoms with Gasteiger partial charge in [0.15, 0.2) is 0 Å². The summed E-state index contributed by atoms with van der Waals surface area (Å²) in [5.41, 5.74) is 5.19.